The van der Waals surface area contributed by atoms with Crippen molar-refractivity contribution >= 4 is 21.6 Å². The molecule has 0 aliphatic carbocycles. The Morgan fingerprint density at radius 2 is 2.29 bits per heavy atom. The normalized spacial score (nSPS) is 22.9. The second kappa shape index (κ2) is 4.56. The van der Waals surface area contributed by atoms with Crippen LogP contribution in [0.15, 0.2) is 11.4 Å². The zero-order chi connectivity index (χ0) is 12.6. The molecule has 1 aromatic heterocycles. The predicted octanol–water partition coefficient (Wildman–Crippen LogP) is 0.483. The summed E-state index contributed by atoms with van der Waals surface area (Å²) in [6, 6.07) is 0. The topological polar surface area (TPSA) is 64.4 Å². The van der Waals surface area contributed by atoms with E-state index in [0.717, 1.165) is 0 Å². The molecule has 96 valence electrons. The second-order valence-electron chi connectivity index (χ2n) is 4.00. The molecule has 0 amide bonds. The molecule has 1 aliphatic rings. The molecule has 1 atom stereocenters. The van der Waals surface area contributed by atoms with Gasteiger partial charge in [-0.2, -0.15) is 4.31 Å². The number of hydrogen-bond donors (Lipinski definition) is 0. The number of aromatic nitrogens is 2. The molecule has 0 N–H and O–H groups in total. The van der Waals surface area contributed by atoms with Gasteiger partial charge in [-0.05, 0) is 6.92 Å². The third kappa shape index (κ3) is 2.33. The third-order valence-corrected chi connectivity index (χ3v) is 4.98. The van der Waals surface area contributed by atoms with Gasteiger partial charge in [-0.15, -0.1) is 0 Å². The summed E-state index contributed by atoms with van der Waals surface area (Å²) < 4.78 is 32.7. The molecule has 0 bridgehead atoms. The maximum Gasteiger partial charge on any atom is 0.263 e. The first-order valence-corrected chi connectivity index (χ1v) is 7.03. The minimum atomic E-state index is -3.62. The number of nitrogens with zero attached hydrogens (tertiary/aromatic N) is 3. The molecule has 1 saturated heterocycles. The molecule has 1 aromatic rings. The van der Waals surface area contributed by atoms with Gasteiger partial charge in [0.25, 0.3) is 10.0 Å². The van der Waals surface area contributed by atoms with Gasteiger partial charge in [0.15, 0.2) is 0 Å². The molecule has 6 nitrogen and oxygen atoms in total. The maximum absolute atomic E-state index is 12.3. The SMILES string of the molecule is C[C@H]1CN(S(=O)(=O)c2ncn(C)c2Cl)CCO1. The summed E-state index contributed by atoms with van der Waals surface area (Å²) in [5.74, 6) is 0. The first kappa shape index (κ1) is 12.8. The molecule has 0 saturated carbocycles. The van der Waals surface area contributed by atoms with Gasteiger partial charge in [0.2, 0.25) is 5.03 Å². The quantitative estimate of drug-likeness (QED) is 0.790. The van der Waals surface area contributed by atoms with E-state index >= 15 is 0 Å². The van der Waals surface area contributed by atoms with Crippen LogP contribution in [-0.4, -0.2) is 48.1 Å². The molecule has 0 unspecified atom stereocenters. The Morgan fingerprint density at radius 1 is 1.59 bits per heavy atom. The lowest BCUT2D eigenvalue weighted by atomic mass is 10.3. The fourth-order valence-electron chi connectivity index (χ4n) is 1.69. The number of hydrogen-bond acceptors (Lipinski definition) is 4. The summed E-state index contributed by atoms with van der Waals surface area (Å²) >= 11 is 5.91. The van der Waals surface area contributed by atoms with E-state index in [-0.39, 0.29) is 16.3 Å². The van der Waals surface area contributed by atoms with Crippen molar-refractivity contribution in [2.45, 2.75) is 18.1 Å². The van der Waals surface area contributed by atoms with Gasteiger partial charge in [0.05, 0.1) is 19.0 Å². The fraction of sp³-hybridized carbons (Fsp3) is 0.667. The van der Waals surface area contributed by atoms with Gasteiger partial charge in [0.1, 0.15) is 5.15 Å². The van der Waals surface area contributed by atoms with Crippen molar-refractivity contribution in [1.29, 1.82) is 0 Å². The van der Waals surface area contributed by atoms with Gasteiger partial charge >= 0.3 is 0 Å². The average molecular weight is 280 g/mol. The van der Waals surface area contributed by atoms with E-state index in [9.17, 15) is 8.42 Å². The van der Waals surface area contributed by atoms with E-state index in [2.05, 4.69) is 4.98 Å². The van der Waals surface area contributed by atoms with Crippen molar-refractivity contribution in [3.8, 4) is 0 Å². The van der Waals surface area contributed by atoms with Crippen molar-refractivity contribution in [3.05, 3.63) is 11.5 Å². The Balaban J connectivity index is 2.33. The van der Waals surface area contributed by atoms with Gasteiger partial charge in [-0.25, -0.2) is 13.4 Å². The third-order valence-electron chi connectivity index (χ3n) is 2.62. The number of ether oxygens (including phenoxy) is 1. The van der Waals surface area contributed by atoms with Crippen LogP contribution in [-0.2, 0) is 21.8 Å². The number of aryl methyl sites for hydroxylation is 1. The summed E-state index contributed by atoms with van der Waals surface area (Å²) in [6.45, 7) is 2.89. The van der Waals surface area contributed by atoms with Gasteiger partial charge < -0.3 is 9.30 Å². The molecule has 1 aliphatic heterocycles. The molecular weight excluding hydrogens is 266 g/mol. The molecule has 0 radical (unpaired) electrons. The highest BCUT2D eigenvalue weighted by atomic mass is 35.5. The first-order chi connectivity index (χ1) is 7.93. The minimum Gasteiger partial charge on any atom is -0.376 e. The predicted molar refractivity (Wildman–Crippen MR) is 62.4 cm³/mol. The van der Waals surface area contributed by atoms with Crippen LogP contribution in [0.25, 0.3) is 0 Å². The van der Waals surface area contributed by atoms with Gasteiger partial charge in [-0.3, -0.25) is 0 Å². The molecule has 1 fully saturated rings. The van der Waals surface area contributed by atoms with Crippen LogP contribution in [0.5, 0.6) is 0 Å². The number of sulfonamides is 1. The van der Waals surface area contributed by atoms with Crippen LogP contribution in [0, 0.1) is 0 Å². The number of rotatable bonds is 2. The highest BCUT2D eigenvalue weighted by Gasteiger charge is 2.32. The summed E-state index contributed by atoms with van der Waals surface area (Å²) in [7, 11) is -1.97. The lowest BCUT2D eigenvalue weighted by molar-refractivity contribution is 0.0101. The van der Waals surface area contributed by atoms with Crippen LogP contribution in [0.1, 0.15) is 6.92 Å². The van der Waals surface area contributed by atoms with Gasteiger partial charge in [-0.1, -0.05) is 11.6 Å². The molecule has 2 rings (SSSR count). The van der Waals surface area contributed by atoms with Crippen LogP contribution in [0.3, 0.4) is 0 Å². The van der Waals surface area contributed by atoms with Crippen molar-refractivity contribution < 1.29 is 13.2 Å². The summed E-state index contributed by atoms with van der Waals surface area (Å²) in [6.07, 6.45) is 1.28. The van der Waals surface area contributed by atoms with Crippen molar-refractivity contribution in [3.63, 3.8) is 0 Å². The maximum atomic E-state index is 12.3. The van der Waals surface area contributed by atoms with Gasteiger partial charge in [0, 0.05) is 20.1 Å². The number of imidazole rings is 1. The van der Waals surface area contributed by atoms with Crippen molar-refractivity contribution in [2.75, 3.05) is 19.7 Å². The number of halogens is 1. The zero-order valence-electron chi connectivity index (χ0n) is 9.63. The smallest absolute Gasteiger partial charge is 0.263 e. The Labute approximate surface area is 105 Å². The lowest BCUT2D eigenvalue weighted by Gasteiger charge is -2.29. The molecule has 2 heterocycles. The summed E-state index contributed by atoms with van der Waals surface area (Å²) in [5.41, 5.74) is 0. The van der Waals surface area contributed by atoms with Crippen molar-refractivity contribution in [1.82, 2.24) is 13.9 Å². The molecule has 8 heteroatoms. The van der Waals surface area contributed by atoms with Crippen molar-refractivity contribution in [2.24, 2.45) is 7.05 Å². The van der Waals surface area contributed by atoms with Crippen LogP contribution in [0.2, 0.25) is 5.15 Å². The molecule has 0 aromatic carbocycles. The van der Waals surface area contributed by atoms with E-state index in [1.165, 1.54) is 15.2 Å². The Bertz CT molecular complexity index is 514. The average Bonchev–Trinajstić information content (AvgIpc) is 2.60. The fourth-order valence-corrected chi connectivity index (χ4v) is 3.58. The molecule has 17 heavy (non-hydrogen) atoms. The largest absolute Gasteiger partial charge is 0.376 e. The van der Waals surface area contributed by atoms with E-state index in [4.69, 9.17) is 16.3 Å². The standard InChI is InChI=1S/C9H14ClN3O3S/c1-7-5-13(3-4-16-7)17(14,15)9-8(10)12(2)6-11-9/h6-7H,3-5H2,1-2H3/t7-/m0/s1. The second-order valence-corrected chi connectivity index (χ2v) is 6.21. The Morgan fingerprint density at radius 3 is 2.82 bits per heavy atom. The van der Waals surface area contributed by atoms with E-state index < -0.39 is 10.0 Å². The highest BCUT2D eigenvalue weighted by molar-refractivity contribution is 7.89. The summed E-state index contributed by atoms with van der Waals surface area (Å²) in [4.78, 5) is 3.85. The first-order valence-electron chi connectivity index (χ1n) is 5.21. The van der Waals surface area contributed by atoms with E-state index in [0.29, 0.717) is 19.7 Å². The van der Waals surface area contributed by atoms with E-state index in [1.54, 1.807) is 7.05 Å². The zero-order valence-corrected chi connectivity index (χ0v) is 11.2. The minimum absolute atomic E-state index is 0.0873. The van der Waals surface area contributed by atoms with Crippen LogP contribution in [0.4, 0.5) is 0 Å². The van der Waals surface area contributed by atoms with Crippen LogP contribution >= 0.6 is 11.6 Å². The monoisotopic (exact) mass is 279 g/mol. The summed E-state index contributed by atoms with van der Waals surface area (Å²) in [5, 5.41) is 0.0416. The Hall–Kier alpha value is -0.630. The van der Waals surface area contributed by atoms with Crippen LogP contribution < -0.4 is 0 Å². The Kier molecular flexibility index (Phi) is 3.44. The lowest BCUT2D eigenvalue weighted by Crippen LogP contribution is -2.44. The molecular formula is C9H14ClN3O3S. The molecule has 0 spiro atoms. The number of morpholine rings is 1. The highest BCUT2D eigenvalue weighted by Crippen LogP contribution is 2.23. The van der Waals surface area contributed by atoms with E-state index in [1.807, 2.05) is 6.92 Å².